The van der Waals surface area contributed by atoms with Crippen LogP contribution in [-0.2, 0) is 26.2 Å². The predicted molar refractivity (Wildman–Crippen MR) is 128 cm³/mol. The number of hydrogen-bond acceptors (Lipinski definition) is 3. The van der Waals surface area contributed by atoms with E-state index in [9.17, 15) is 18.7 Å². The number of halogens is 2. The van der Waals surface area contributed by atoms with Gasteiger partial charge in [-0.3, -0.25) is 4.90 Å². The molecule has 0 saturated carbocycles. The number of carbonyl (C=O) groups is 1. The molecule has 178 valence electrons. The lowest BCUT2D eigenvalue weighted by Gasteiger charge is -2.32. The normalized spacial score (nSPS) is 13.5. The molecule has 0 unspecified atom stereocenters. The van der Waals surface area contributed by atoms with E-state index in [1.807, 2.05) is 18.2 Å². The molecule has 1 heterocycles. The van der Waals surface area contributed by atoms with E-state index in [0.717, 1.165) is 16.7 Å². The summed E-state index contributed by atoms with van der Waals surface area (Å²) in [5, 5.41) is 12.3. The molecule has 0 aliphatic carbocycles. The summed E-state index contributed by atoms with van der Waals surface area (Å²) in [5.74, 6) is -0.929. The summed E-state index contributed by atoms with van der Waals surface area (Å²) >= 11 is 0. The molecule has 5 nitrogen and oxygen atoms in total. The number of nitrogens with one attached hydrogen (secondary N) is 1. The number of anilines is 2. The molecule has 0 bridgehead atoms. The van der Waals surface area contributed by atoms with Gasteiger partial charge in [-0.15, -0.1) is 0 Å². The third-order valence-corrected chi connectivity index (χ3v) is 5.69. The number of fused-ring (bicyclic) bond motifs is 1. The van der Waals surface area contributed by atoms with Gasteiger partial charge in [0.1, 0.15) is 24.0 Å². The number of carbonyl (C=O) groups excluding carboxylic acids is 1. The van der Waals surface area contributed by atoms with Gasteiger partial charge >= 0.3 is 6.03 Å². The summed E-state index contributed by atoms with van der Waals surface area (Å²) in [6, 6.07) is 14.3. The molecule has 0 atom stereocenters. The van der Waals surface area contributed by atoms with E-state index in [1.165, 1.54) is 18.2 Å². The molecule has 2 amide bonds. The van der Waals surface area contributed by atoms with E-state index in [2.05, 4.69) is 26.1 Å². The molecule has 3 aromatic rings. The van der Waals surface area contributed by atoms with Gasteiger partial charge in [0.2, 0.25) is 0 Å². The number of nitrogens with zero attached hydrogens (tertiary/aromatic N) is 1. The van der Waals surface area contributed by atoms with Crippen molar-refractivity contribution in [3.8, 4) is 5.75 Å². The molecular formula is C27H28F2N2O3. The maximum absolute atomic E-state index is 14.0. The summed E-state index contributed by atoms with van der Waals surface area (Å²) in [6.07, 6.45) is 0.713. The van der Waals surface area contributed by atoms with Crippen LogP contribution in [0.25, 0.3) is 0 Å². The van der Waals surface area contributed by atoms with Gasteiger partial charge in [-0.1, -0.05) is 45.0 Å². The highest BCUT2D eigenvalue weighted by atomic mass is 19.1. The van der Waals surface area contributed by atoms with E-state index in [1.54, 1.807) is 23.1 Å². The van der Waals surface area contributed by atoms with Crippen molar-refractivity contribution in [2.45, 2.75) is 47.0 Å². The van der Waals surface area contributed by atoms with Crippen molar-refractivity contribution < 1.29 is 23.4 Å². The summed E-state index contributed by atoms with van der Waals surface area (Å²) < 4.78 is 33.8. The first-order valence-electron chi connectivity index (χ1n) is 11.1. The van der Waals surface area contributed by atoms with Crippen LogP contribution in [0, 0.1) is 17.0 Å². The molecule has 0 spiro atoms. The van der Waals surface area contributed by atoms with Crippen molar-refractivity contribution in [3.63, 3.8) is 0 Å². The number of benzene rings is 3. The van der Waals surface area contributed by atoms with Crippen LogP contribution in [0.4, 0.5) is 25.0 Å². The zero-order valence-corrected chi connectivity index (χ0v) is 19.5. The zero-order valence-electron chi connectivity index (χ0n) is 19.5. The minimum atomic E-state index is -0.668. The topological polar surface area (TPSA) is 61.8 Å². The van der Waals surface area contributed by atoms with Gasteiger partial charge in [0.25, 0.3) is 0 Å². The molecule has 0 saturated heterocycles. The Labute approximate surface area is 198 Å². The first-order valence-corrected chi connectivity index (χ1v) is 11.1. The fourth-order valence-corrected chi connectivity index (χ4v) is 4.03. The second-order valence-electron chi connectivity index (χ2n) is 9.68. The maximum atomic E-state index is 14.0. The van der Waals surface area contributed by atoms with Crippen LogP contribution in [0.15, 0.2) is 54.6 Å². The molecule has 0 radical (unpaired) electrons. The molecule has 4 rings (SSSR count). The van der Waals surface area contributed by atoms with Crippen LogP contribution in [0.5, 0.6) is 5.75 Å². The molecular weight excluding hydrogens is 438 g/mol. The Bertz CT molecular complexity index is 1200. The molecule has 0 aromatic heterocycles. The van der Waals surface area contributed by atoms with Crippen LogP contribution < -0.4 is 15.0 Å². The minimum absolute atomic E-state index is 0.0341. The fraction of sp³-hybridized carbons (Fsp3) is 0.296. The smallest absolute Gasteiger partial charge is 0.326 e. The van der Waals surface area contributed by atoms with Crippen molar-refractivity contribution in [1.82, 2.24) is 0 Å². The monoisotopic (exact) mass is 466 g/mol. The van der Waals surface area contributed by atoms with E-state index >= 15 is 0 Å². The predicted octanol–water partition coefficient (Wildman–Crippen LogP) is 6.18. The number of hydrogen-bond donors (Lipinski definition) is 2. The molecule has 2 N–H and O–H groups in total. The van der Waals surface area contributed by atoms with Crippen molar-refractivity contribution in [2.75, 3.05) is 10.2 Å². The highest BCUT2D eigenvalue weighted by Crippen LogP contribution is 2.36. The van der Waals surface area contributed by atoms with Crippen LogP contribution >= 0.6 is 0 Å². The van der Waals surface area contributed by atoms with Crippen LogP contribution in [-0.4, -0.2) is 11.1 Å². The number of amides is 2. The minimum Gasteiger partial charge on any atom is -0.489 e. The molecule has 1 aliphatic heterocycles. The van der Waals surface area contributed by atoms with Gasteiger partial charge in [-0.25, -0.2) is 13.6 Å². The lowest BCUT2D eigenvalue weighted by atomic mass is 9.87. The van der Waals surface area contributed by atoms with Gasteiger partial charge < -0.3 is 15.2 Å². The number of ether oxygens (including phenoxy) is 1. The Balaban J connectivity index is 1.66. The molecule has 3 aromatic carbocycles. The van der Waals surface area contributed by atoms with Gasteiger partial charge in [-0.05, 0) is 52.8 Å². The first kappa shape index (κ1) is 23.7. The van der Waals surface area contributed by atoms with Gasteiger partial charge in [0.05, 0.1) is 24.4 Å². The number of urea groups is 1. The average molecular weight is 467 g/mol. The highest BCUT2D eigenvalue weighted by molar-refractivity contribution is 6.04. The lowest BCUT2D eigenvalue weighted by molar-refractivity contribution is 0.255. The van der Waals surface area contributed by atoms with Gasteiger partial charge in [-0.2, -0.15) is 0 Å². The largest absolute Gasteiger partial charge is 0.489 e. The summed E-state index contributed by atoms with van der Waals surface area (Å²) in [7, 11) is 0. The van der Waals surface area contributed by atoms with Crippen LogP contribution in [0.3, 0.4) is 0 Å². The Morgan fingerprint density at radius 3 is 2.47 bits per heavy atom. The van der Waals surface area contributed by atoms with Gasteiger partial charge in [0.15, 0.2) is 0 Å². The summed E-state index contributed by atoms with van der Waals surface area (Å²) in [5.41, 5.74) is 3.76. The lowest BCUT2D eigenvalue weighted by Crippen LogP contribution is -2.39. The quantitative estimate of drug-likeness (QED) is 0.456. The maximum Gasteiger partial charge on any atom is 0.326 e. The second kappa shape index (κ2) is 9.43. The average Bonchev–Trinajstić information content (AvgIpc) is 2.78. The third-order valence-electron chi connectivity index (χ3n) is 5.69. The fourth-order valence-electron chi connectivity index (χ4n) is 4.03. The Kier molecular flexibility index (Phi) is 6.57. The number of rotatable bonds is 6. The van der Waals surface area contributed by atoms with Gasteiger partial charge in [0, 0.05) is 11.8 Å². The zero-order chi connectivity index (χ0) is 24.5. The van der Waals surface area contributed by atoms with Crippen molar-refractivity contribution in [2.24, 2.45) is 5.41 Å². The van der Waals surface area contributed by atoms with E-state index < -0.39 is 11.6 Å². The van der Waals surface area contributed by atoms with Crippen LogP contribution in [0.1, 0.15) is 43.0 Å². The van der Waals surface area contributed by atoms with Crippen molar-refractivity contribution in [1.29, 1.82) is 0 Å². The Morgan fingerprint density at radius 2 is 1.79 bits per heavy atom. The first-order chi connectivity index (χ1) is 16.1. The summed E-state index contributed by atoms with van der Waals surface area (Å²) in [6.45, 7) is 6.31. The van der Waals surface area contributed by atoms with Crippen molar-refractivity contribution >= 4 is 17.4 Å². The van der Waals surface area contributed by atoms with E-state index in [-0.39, 0.29) is 30.2 Å². The Hall–Kier alpha value is -3.45. The Morgan fingerprint density at radius 1 is 1.06 bits per heavy atom. The second-order valence-corrected chi connectivity index (χ2v) is 9.68. The number of aliphatic hydroxyl groups is 1. The molecule has 0 fully saturated rings. The molecule has 7 heteroatoms. The molecule has 34 heavy (non-hydrogen) atoms. The summed E-state index contributed by atoms with van der Waals surface area (Å²) in [4.78, 5) is 14.7. The standard InChI is InChI=1S/C27H28F2N2O3/c1-27(2,3)13-18-9-10-20(34-16-21-22(28)5-4-6-23(21)29)12-25(18)31-14-19-8-7-17(15-32)11-24(19)30-26(31)33/h4-12,32H,13-16H2,1-3H3,(H,30,33). The third kappa shape index (κ3) is 5.20. The van der Waals surface area contributed by atoms with Crippen LogP contribution in [0.2, 0.25) is 0 Å². The van der Waals surface area contributed by atoms with Crippen molar-refractivity contribution in [3.05, 3.63) is 88.5 Å². The van der Waals surface area contributed by atoms with E-state index in [4.69, 9.17) is 4.74 Å². The highest BCUT2D eigenvalue weighted by Gasteiger charge is 2.27. The molecule has 1 aliphatic rings. The van der Waals surface area contributed by atoms with E-state index in [0.29, 0.717) is 30.1 Å². The number of aliphatic hydroxyl groups excluding tert-OH is 1. The SMILES string of the molecule is CC(C)(C)Cc1ccc(OCc2c(F)cccc2F)cc1N1Cc2ccc(CO)cc2NC1=O.